The average molecular weight is 463 g/mol. The predicted molar refractivity (Wildman–Crippen MR) is 122 cm³/mol. The Balaban J connectivity index is 1.62. The molecule has 10 heteroatoms. The summed E-state index contributed by atoms with van der Waals surface area (Å²) in [7, 11) is -3.60. The lowest BCUT2D eigenvalue weighted by Gasteiger charge is -2.11. The first-order valence-electron chi connectivity index (χ1n) is 9.91. The number of sulfonamides is 1. The largest absolute Gasteiger partial charge is 0.352 e. The fraction of sp³-hybridized carbons (Fsp3) is 0.381. The first-order chi connectivity index (χ1) is 14.6. The molecule has 0 fully saturated rings. The quantitative estimate of drug-likeness (QED) is 0.534. The van der Waals surface area contributed by atoms with Crippen LogP contribution in [0, 0.1) is 13.8 Å². The molecule has 0 aliphatic heterocycles. The summed E-state index contributed by atoms with van der Waals surface area (Å²) in [5.41, 5.74) is 1.46. The molecule has 0 aliphatic carbocycles. The van der Waals surface area contributed by atoms with Gasteiger partial charge >= 0.3 is 0 Å². The van der Waals surface area contributed by atoms with Gasteiger partial charge in [-0.15, -0.1) is 11.3 Å². The van der Waals surface area contributed by atoms with Gasteiger partial charge in [-0.25, -0.2) is 18.1 Å². The van der Waals surface area contributed by atoms with Crippen LogP contribution in [-0.2, 0) is 27.9 Å². The lowest BCUT2D eigenvalue weighted by molar-refractivity contribution is -0.121. The minimum absolute atomic E-state index is 0.113. The minimum Gasteiger partial charge on any atom is -0.352 e. The number of nitrogens with zero attached hydrogens (tertiary/aromatic N) is 2. The van der Waals surface area contributed by atoms with Gasteiger partial charge in [-0.2, -0.15) is 0 Å². The van der Waals surface area contributed by atoms with Crippen molar-refractivity contribution in [2.24, 2.45) is 0 Å². The number of thiophene rings is 1. The van der Waals surface area contributed by atoms with E-state index in [4.69, 9.17) is 0 Å². The van der Waals surface area contributed by atoms with Crippen molar-refractivity contribution in [2.45, 2.75) is 58.1 Å². The molecule has 2 N–H and O–H groups in total. The van der Waals surface area contributed by atoms with Crippen molar-refractivity contribution in [1.82, 2.24) is 19.6 Å². The zero-order chi connectivity index (χ0) is 22.8. The molecule has 2 aromatic heterocycles. The first kappa shape index (κ1) is 23.1. The van der Waals surface area contributed by atoms with E-state index in [9.17, 15) is 18.0 Å². The highest BCUT2D eigenvalue weighted by Gasteiger charge is 2.16. The van der Waals surface area contributed by atoms with Gasteiger partial charge in [-0.3, -0.25) is 14.2 Å². The third-order valence-electron chi connectivity index (χ3n) is 4.82. The minimum atomic E-state index is -3.60. The summed E-state index contributed by atoms with van der Waals surface area (Å²) >= 11 is 1.49. The van der Waals surface area contributed by atoms with E-state index in [-0.39, 0.29) is 41.9 Å². The van der Waals surface area contributed by atoms with Crippen LogP contribution in [0.3, 0.4) is 0 Å². The number of amides is 1. The zero-order valence-electron chi connectivity index (χ0n) is 17.9. The molecule has 2 heterocycles. The number of benzene rings is 1. The molecule has 3 rings (SSSR count). The Hall–Kier alpha value is -2.56. The molecule has 8 nitrogen and oxygen atoms in total. The molecule has 0 unspecified atom stereocenters. The number of aromatic nitrogens is 2. The normalized spacial score (nSPS) is 11.9. The second kappa shape index (κ2) is 9.29. The van der Waals surface area contributed by atoms with Crippen LogP contribution in [0.4, 0.5) is 0 Å². The van der Waals surface area contributed by atoms with Gasteiger partial charge in [0.25, 0.3) is 5.56 Å². The molecule has 0 radical (unpaired) electrons. The monoisotopic (exact) mass is 462 g/mol. The van der Waals surface area contributed by atoms with Crippen LogP contribution in [0.1, 0.15) is 36.3 Å². The highest BCUT2D eigenvalue weighted by atomic mass is 32.2. The Morgan fingerprint density at radius 2 is 2.00 bits per heavy atom. The second-order valence-electron chi connectivity index (χ2n) is 7.66. The van der Waals surface area contributed by atoms with E-state index < -0.39 is 10.0 Å². The van der Waals surface area contributed by atoms with Crippen molar-refractivity contribution in [3.63, 3.8) is 0 Å². The van der Waals surface area contributed by atoms with Crippen LogP contribution in [-0.4, -0.2) is 29.9 Å². The molecular weight excluding hydrogens is 436 g/mol. The molecule has 1 amide bonds. The van der Waals surface area contributed by atoms with E-state index in [1.54, 1.807) is 26.0 Å². The van der Waals surface area contributed by atoms with Gasteiger partial charge in [0.05, 0.1) is 16.6 Å². The molecule has 0 saturated carbocycles. The maximum Gasteiger partial charge on any atom is 0.262 e. The summed E-state index contributed by atoms with van der Waals surface area (Å²) in [6, 6.07) is 6.22. The Bertz CT molecular complexity index is 1280. The van der Waals surface area contributed by atoms with Crippen LogP contribution in [0.5, 0.6) is 0 Å². The standard InChI is InChI=1S/C21H26N4O4S2/c1-13(2)24-31(28,29)17-7-5-6-16(10-17)11-22-18(26)8-9-25-12-23-20-19(21(25)27)14(3)15(4)30-20/h5-7,10,12-13,24H,8-9,11H2,1-4H3,(H,22,26). The third kappa shape index (κ3) is 5.38. The number of aryl methyl sites for hydroxylation is 3. The van der Waals surface area contributed by atoms with Gasteiger partial charge in [0, 0.05) is 30.4 Å². The van der Waals surface area contributed by atoms with E-state index in [0.29, 0.717) is 15.8 Å². The first-order valence-corrected chi connectivity index (χ1v) is 12.2. The Morgan fingerprint density at radius 1 is 1.26 bits per heavy atom. The molecule has 0 atom stereocenters. The van der Waals surface area contributed by atoms with Crippen molar-refractivity contribution >= 4 is 37.5 Å². The highest BCUT2D eigenvalue weighted by molar-refractivity contribution is 7.89. The Morgan fingerprint density at radius 3 is 2.71 bits per heavy atom. The second-order valence-corrected chi connectivity index (χ2v) is 10.6. The van der Waals surface area contributed by atoms with Gasteiger partial charge in [0.2, 0.25) is 15.9 Å². The summed E-state index contributed by atoms with van der Waals surface area (Å²) in [5.74, 6) is -0.237. The zero-order valence-corrected chi connectivity index (χ0v) is 19.6. The summed E-state index contributed by atoms with van der Waals surface area (Å²) < 4.78 is 28.6. The van der Waals surface area contributed by atoms with Gasteiger partial charge in [0.15, 0.2) is 0 Å². The van der Waals surface area contributed by atoms with E-state index in [1.807, 2.05) is 13.8 Å². The molecule has 31 heavy (non-hydrogen) atoms. The lowest BCUT2D eigenvalue weighted by Crippen LogP contribution is -2.30. The van der Waals surface area contributed by atoms with Crippen molar-refractivity contribution < 1.29 is 13.2 Å². The topological polar surface area (TPSA) is 110 Å². The maximum absolute atomic E-state index is 12.7. The Labute approximate surface area is 185 Å². The van der Waals surface area contributed by atoms with Crippen LogP contribution < -0.4 is 15.6 Å². The molecular formula is C21H26N4O4S2. The van der Waals surface area contributed by atoms with Crippen LogP contribution in [0.25, 0.3) is 10.2 Å². The number of nitrogens with one attached hydrogen (secondary N) is 2. The van der Waals surface area contributed by atoms with Crippen molar-refractivity contribution in [1.29, 1.82) is 0 Å². The molecule has 0 spiro atoms. The number of fused-ring (bicyclic) bond motifs is 1. The molecule has 3 aromatic rings. The molecule has 166 valence electrons. The molecule has 0 bridgehead atoms. The van der Waals surface area contributed by atoms with Crippen LogP contribution in [0.2, 0.25) is 0 Å². The van der Waals surface area contributed by atoms with E-state index in [0.717, 1.165) is 10.4 Å². The van der Waals surface area contributed by atoms with Crippen LogP contribution >= 0.6 is 11.3 Å². The number of carbonyl (C=O) groups excluding carboxylic acids is 1. The number of carbonyl (C=O) groups is 1. The highest BCUT2D eigenvalue weighted by Crippen LogP contribution is 2.25. The van der Waals surface area contributed by atoms with E-state index in [1.165, 1.54) is 34.4 Å². The average Bonchev–Trinajstić information content (AvgIpc) is 2.99. The van der Waals surface area contributed by atoms with Crippen molar-refractivity contribution in [2.75, 3.05) is 0 Å². The summed E-state index contributed by atoms with van der Waals surface area (Å²) in [6.07, 6.45) is 1.59. The smallest absolute Gasteiger partial charge is 0.262 e. The van der Waals surface area contributed by atoms with E-state index >= 15 is 0 Å². The maximum atomic E-state index is 12.7. The van der Waals surface area contributed by atoms with Gasteiger partial charge in [0.1, 0.15) is 4.83 Å². The number of hydrogen-bond acceptors (Lipinski definition) is 6. The summed E-state index contributed by atoms with van der Waals surface area (Å²) in [4.78, 5) is 31.2. The molecule has 0 aliphatic rings. The summed E-state index contributed by atoms with van der Waals surface area (Å²) in [5, 5.41) is 3.38. The number of rotatable bonds is 8. The Kier molecular flexibility index (Phi) is 6.93. The van der Waals surface area contributed by atoms with Crippen molar-refractivity contribution in [3.8, 4) is 0 Å². The van der Waals surface area contributed by atoms with Gasteiger partial charge in [-0.05, 0) is 51.0 Å². The van der Waals surface area contributed by atoms with Gasteiger partial charge in [-0.1, -0.05) is 12.1 Å². The lowest BCUT2D eigenvalue weighted by atomic mass is 10.2. The van der Waals surface area contributed by atoms with E-state index in [2.05, 4.69) is 15.0 Å². The number of hydrogen-bond donors (Lipinski definition) is 2. The van der Waals surface area contributed by atoms with Crippen LogP contribution in [0.15, 0.2) is 40.3 Å². The SMILES string of the molecule is Cc1sc2ncn(CCC(=O)NCc3cccc(S(=O)(=O)NC(C)C)c3)c(=O)c2c1C. The predicted octanol–water partition coefficient (Wildman–Crippen LogP) is 2.47. The molecule has 0 saturated heterocycles. The van der Waals surface area contributed by atoms with Crippen molar-refractivity contribution in [3.05, 3.63) is 57.0 Å². The van der Waals surface area contributed by atoms with Gasteiger partial charge < -0.3 is 5.32 Å². The fourth-order valence-corrected chi connectivity index (χ4v) is 5.45. The fourth-order valence-electron chi connectivity index (χ4n) is 3.14. The molecule has 1 aromatic carbocycles. The third-order valence-corrected chi connectivity index (χ3v) is 7.60. The summed E-state index contributed by atoms with van der Waals surface area (Å²) in [6.45, 7) is 7.77.